The zero-order chi connectivity index (χ0) is 92.8. The Balaban J connectivity index is 0.594. The van der Waals surface area contributed by atoms with Gasteiger partial charge in [-0.05, 0) is 244 Å². The fourth-order valence-electron chi connectivity index (χ4n) is 21.9. The molecule has 4 heterocycles. The molecule has 0 aliphatic carbocycles. The van der Waals surface area contributed by atoms with Gasteiger partial charge in [0, 0.05) is 135 Å². The third kappa shape index (κ3) is 13.4. The van der Waals surface area contributed by atoms with Crippen molar-refractivity contribution in [2.45, 2.75) is 170 Å². The first-order valence-electron chi connectivity index (χ1n) is 47.1. The number of Topliss-reactive ketones (excluding diaryl/α,β-unsaturated/α-hetero) is 2. The van der Waals surface area contributed by atoms with E-state index in [4.69, 9.17) is 18.9 Å². The number of hydrogen-bond acceptors (Lipinski definition) is 16. The lowest BCUT2D eigenvalue weighted by Gasteiger charge is -2.35. The molecule has 4 aliphatic heterocycles. The largest absolute Gasteiger partial charge is 0.462 e. The number of amides is 8. The zero-order valence-electron chi connectivity index (χ0n) is 75.9. The number of esters is 2. The van der Waals surface area contributed by atoms with Crippen molar-refractivity contribution in [1.29, 1.82) is 0 Å². The fraction of sp³-hybridized carbons (Fsp3) is 0.263. The van der Waals surface area contributed by atoms with Gasteiger partial charge in [-0.3, -0.25) is 67.5 Å². The van der Waals surface area contributed by atoms with Crippen LogP contribution >= 0.6 is 0 Å². The summed E-state index contributed by atoms with van der Waals surface area (Å²) in [6.45, 7) is 15.0. The normalized spacial score (nSPS) is 14.0. The molecule has 0 saturated carbocycles. The van der Waals surface area contributed by atoms with Crippen molar-refractivity contribution in [3.05, 3.63) is 260 Å². The molecule has 8 amide bonds. The number of rotatable bonds is 32. The molecular formula is C114H96N4O16. The summed E-state index contributed by atoms with van der Waals surface area (Å²) in [5.74, 6) is -4.24. The Bertz CT molecular complexity index is 7790. The Morgan fingerprint density at radius 1 is 0.284 bits per heavy atom. The number of ketones is 2. The summed E-state index contributed by atoms with van der Waals surface area (Å²) >= 11 is 0. The summed E-state index contributed by atoms with van der Waals surface area (Å²) in [5.41, 5.74) is 5.33. The standard InChI is InChI=1S/C114H96N4O16/c1-9-13-17-19-21-64(22-20-18-14-10-2)118-111(127)84-48-38-74-70-34-44-80-97-81(45-35-71(93(70)97)75-39-49-85(112(118)128)99(84)95(74)75)108(124)116(107(80)123)54-52-63-25-29-66(30-26-63)134-90-58-88(114(130)132-56-16-12-4)100-86(113(129)131-55-15-11-3)50-41-77-101-89(57-87(61(8)120)91-67(60(7)119)31-40-76(103(91)101)102(90)104(77)100)133-65-27-23-62(24-28-65)51-53-115-105(121)78-42-32-68-72-36-46-82-98-83(110(126)117(59(5)6)109(82)125)47-37-73(94(72)98)69-33-43-79(106(115)122)96(78)92(68)69/h23-50,57-59,64H,9-22,51-56H2,1-8H3. The number of unbranched alkanes of at least 4 members (excludes halogenated alkanes) is 8. The van der Waals surface area contributed by atoms with Gasteiger partial charge in [0.15, 0.2) is 11.6 Å². The molecule has 0 spiro atoms. The molecular weight excluding hydrogens is 1680 g/mol. The van der Waals surface area contributed by atoms with Crippen LogP contribution in [0.15, 0.2) is 182 Å². The second-order valence-corrected chi connectivity index (χ2v) is 36.7. The SMILES string of the molecule is CCCCCCC(CCCCCC)N1C(=O)c2ccc3c4ccc5c6c(ccc(c7ccc(c2c37)C1=O)c64)C(=O)N(CCc1ccc(Oc2cc(C(=O)OCCCC)c3c(C(=O)OCCCC)ccc4c6c(Oc7ccc(CCN8C(=O)c9ccc%10c%11ccc%12c%13c(ccc(c%14ccc(c9c%10%14)C8=O)c%13%11)C(=O)N(C(C)C)C%12=O)cc7)cc(C(C)=O)c7c(C(C)=O)ccc(c2c34)c76)cc1)C5=O. The smallest absolute Gasteiger partial charge is 0.338 e. The third-order valence-corrected chi connectivity index (χ3v) is 28.4. The van der Waals surface area contributed by atoms with Crippen molar-refractivity contribution >= 4 is 200 Å². The number of carbonyl (C=O) groups is 12. The molecule has 21 rings (SSSR count). The van der Waals surface area contributed by atoms with E-state index in [-0.39, 0.29) is 126 Å². The average Bonchev–Trinajstić information content (AvgIpc) is 0.697. The summed E-state index contributed by atoms with van der Waals surface area (Å²) in [6, 6.07) is 53.3. The zero-order valence-corrected chi connectivity index (χ0v) is 75.9. The molecule has 0 unspecified atom stereocenters. The summed E-state index contributed by atoms with van der Waals surface area (Å²) in [7, 11) is 0. The van der Waals surface area contributed by atoms with Crippen molar-refractivity contribution in [2.24, 2.45) is 0 Å². The van der Waals surface area contributed by atoms with E-state index in [9.17, 15) is 43.2 Å². The number of carbonyl (C=O) groups excluding carboxylic acids is 12. The van der Waals surface area contributed by atoms with Crippen molar-refractivity contribution in [3.63, 3.8) is 0 Å². The molecule has 0 bridgehead atoms. The highest BCUT2D eigenvalue weighted by atomic mass is 16.5. The Morgan fingerprint density at radius 3 is 0.925 bits per heavy atom. The van der Waals surface area contributed by atoms with Crippen LogP contribution < -0.4 is 9.47 Å². The number of nitrogens with zero attached hydrogens (tertiary/aromatic N) is 4. The summed E-state index contributed by atoms with van der Waals surface area (Å²) in [5, 5.41) is 14.9. The van der Waals surface area contributed by atoms with Gasteiger partial charge in [0.2, 0.25) is 0 Å². The van der Waals surface area contributed by atoms with Gasteiger partial charge in [-0.25, -0.2) is 9.59 Å². The van der Waals surface area contributed by atoms with Crippen LogP contribution in [-0.4, -0.2) is 129 Å². The van der Waals surface area contributed by atoms with Gasteiger partial charge >= 0.3 is 11.9 Å². The highest BCUT2D eigenvalue weighted by Gasteiger charge is 2.43. The minimum atomic E-state index is -0.743. The number of benzene rings is 17. The third-order valence-electron chi connectivity index (χ3n) is 28.4. The van der Waals surface area contributed by atoms with Crippen LogP contribution in [0.5, 0.6) is 23.0 Å². The Labute approximate surface area is 771 Å². The molecule has 4 aliphatic rings. The quantitative estimate of drug-likeness (QED) is 0.00948. The highest BCUT2D eigenvalue weighted by molar-refractivity contribution is 6.45. The van der Waals surface area contributed by atoms with Gasteiger partial charge in [0.25, 0.3) is 47.3 Å². The second kappa shape index (κ2) is 33.7. The van der Waals surface area contributed by atoms with Crippen molar-refractivity contribution in [2.75, 3.05) is 26.3 Å². The van der Waals surface area contributed by atoms with Gasteiger partial charge in [-0.1, -0.05) is 183 Å². The van der Waals surface area contributed by atoms with Crippen LogP contribution in [0.25, 0.3) is 129 Å². The lowest BCUT2D eigenvalue weighted by Crippen LogP contribution is -2.47. The maximum Gasteiger partial charge on any atom is 0.338 e. The first-order valence-corrected chi connectivity index (χ1v) is 47.1. The van der Waals surface area contributed by atoms with E-state index >= 15 is 14.4 Å². The monoisotopic (exact) mass is 1780 g/mol. The van der Waals surface area contributed by atoms with E-state index in [0.29, 0.717) is 135 Å². The van der Waals surface area contributed by atoms with Gasteiger partial charge < -0.3 is 18.9 Å². The molecule has 17 aromatic rings. The number of imide groups is 4. The van der Waals surface area contributed by atoms with E-state index in [0.717, 1.165) is 146 Å². The average molecular weight is 1780 g/mol. The van der Waals surface area contributed by atoms with Crippen molar-refractivity contribution < 1.29 is 76.5 Å². The van der Waals surface area contributed by atoms with Crippen LogP contribution in [-0.2, 0) is 22.3 Å². The molecule has 0 aromatic heterocycles. The van der Waals surface area contributed by atoms with Crippen LogP contribution in [0.2, 0.25) is 0 Å². The van der Waals surface area contributed by atoms with E-state index in [1.54, 1.807) is 102 Å². The van der Waals surface area contributed by atoms with E-state index in [2.05, 4.69) is 13.8 Å². The van der Waals surface area contributed by atoms with Crippen LogP contribution in [0.4, 0.5) is 0 Å². The molecule has 668 valence electrons. The molecule has 134 heavy (non-hydrogen) atoms. The highest BCUT2D eigenvalue weighted by Crippen LogP contribution is 2.55. The Kier molecular flexibility index (Phi) is 21.6. The van der Waals surface area contributed by atoms with Gasteiger partial charge in [0.1, 0.15) is 23.0 Å². The minimum Gasteiger partial charge on any atom is -0.462 e. The molecule has 0 fully saturated rings. The molecule has 20 nitrogen and oxygen atoms in total. The first-order chi connectivity index (χ1) is 65.0. The van der Waals surface area contributed by atoms with Crippen molar-refractivity contribution in [3.8, 4) is 23.0 Å². The van der Waals surface area contributed by atoms with Crippen LogP contribution in [0.3, 0.4) is 0 Å². The van der Waals surface area contributed by atoms with Gasteiger partial charge in [-0.15, -0.1) is 0 Å². The Hall–Kier alpha value is -14.9. The molecule has 0 saturated heterocycles. The van der Waals surface area contributed by atoms with E-state index in [1.165, 1.54) is 28.5 Å². The second-order valence-electron chi connectivity index (χ2n) is 36.7. The number of hydrogen-bond donors (Lipinski definition) is 0. The topological polar surface area (TPSA) is 255 Å². The van der Waals surface area contributed by atoms with Gasteiger partial charge in [-0.2, -0.15) is 0 Å². The summed E-state index contributed by atoms with van der Waals surface area (Å²) < 4.78 is 26.2. The first kappa shape index (κ1) is 85.8. The van der Waals surface area contributed by atoms with E-state index < -0.39 is 35.6 Å². The summed E-state index contributed by atoms with van der Waals surface area (Å²) in [6.07, 6.45) is 12.9. The predicted octanol–water partition coefficient (Wildman–Crippen LogP) is 25.3. The lowest BCUT2D eigenvalue weighted by atomic mass is 9.82. The molecule has 20 heteroatoms. The maximum atomic E-state index is 15.1. The minimum absolute atomic E-state index is 0.00690. The van der Waals surface area contributed by atoms with E-state index in [1.807, 2.05) is 113 Å². The van der Waals surface area contributed by atoms with Crippen molar-refractivity contribution in [1.82, 2.24) is 19.6 Å². The number of ether oxygens (including phenoxy) is 4. The molecule has 0 atom stereocenters. The Morgan fingerprint density at radius 2 is 0.590 bits per heavy atom. The fourth-order valence-corrected chi connectivity index (χ4v) is 21.9. The molecule has 17 aromatic carbocycles. The number of fused-ring (bicyclic) bond motifs is 6. The van der Waals surface area contributed by atoms with Crippen LogP contribution in [0.1, 0.15) is 281 Å². The molecule has 0 N–H and O–H groups in total. The van der Waals surface area contributed by atoms with Gasteiger partial charge in [0.05, 0.1) is 24.3 Å². The predicted molar refractivity (Wildman–Crippen MR) is 522 cm³/mol. The van der Waals surface area contributed by atoms with Crippen LogP contribution in [0, 0.1) is 0 Å². The summed E-state index contributed by atoms with van der Waals surface area (Å²) in [4.78, 5) is 181. The lowest BCUT2D eigenvalue weighted by molar-refractivity contribution is 0.0491. The maximum absolute atomic E-state index is 15.1. The molecule has 0 radical (unpaired) electrons.